The highest BCUT2D eigenvalue weighted by Crippen LogP contribution is 2.58. The maximum absolute atomic E-state index is 5.93. The predicted octanol–water partition coefficient (Wildman–Crippen LogP) is 4.17. The van der Waals surface area contributed by atoms with Crippen LogP contribution in [0.25, 0.3) is 0 Å². The van der Waals surface area contributed by atoms with E-state index in [1.165, 1.54) is 19.3 Å². The maximum atomic E-state index is 5.93. The van der Waals surface area contributed by atoms with Gasteiger partial charge < -0.3 is 0 Å². The summed E-state index contributed by atoms with van der Waals surface area (Å²) in [6, 6.07) is 0. The average molecular weight is 292 g/mol. The Hall–Kier alpha value is 1.35. The van der Waals surface area contributed by atoms with Crippen molar-refractivity contribution in [2.45, 2.75) is 27.9 Å². The lowest BCUT2D eigenvalue weighted by Crippen LogP contribution is -2.33. The molecule has 0 unspecified atom stereocenters. The molecule has 12 heavy (non-hydrogen) atoms. The second kappa shape index (κ2) is 3.18. The SMILES string of the molecule is ClC(Cl)(Cl)[C@@H]1[C@H]2CC[C@H](C2)[C@H]1Br. The van der Waals surface area contributed by atoms with Gasteiger partial charge in [0.05, 0.1) is 0 Å². The molecule has 0 spiro atoms. The van der Waals surface area contributed by atoms with E-state index in [9.17, 15) is 0 Å². The fourth-order valence-corrected chi connectivity index (χ4v) is 5.38. The Bertz CT molecular complexity index is 187. The molecule has 2 aliphatic carbocycles. The van der Waals surface area contributed by atoms with Gasteiger partial charge >= 0.3 is 0 Å². The van der Waals surface area contributed by atoms with Crippen molar-refractivity contribution in [3.05, 3.63) is 0 Å². The van der Waals surface area contributed by atoms with E-state index in [0.717, 1.165) is 5.92 Å². The van der Waals surface area contributed by atoms with Gasteiger partial charge in [-0.05, 0) is 31.1 Å². The minimum absolute atomic E-state index is 0.223. The lowest BCUT2D eigenvalue weighted by Gasteiger charge is -2.32. The molecule has 0 aromatic carbocycles. The highest BCUT2D eigenvalue weighted by molar-refractivity contribution is 9.09. The molecule has 0 heterocycles. The van der Waals surface area contributed by atoms with Crippen LogP contribution in [0.4, 0.5) is 0 Å². The minimum Gasteiger partial charge on any atom is -0.0883 e. The standard InChI is InChI=1S/C8H10BrCl3/c9-7-5-2-1-4(3-5)6(7)8(10,11)12/h4-7H,1-3H2/t4-,5+,6+,7+/m0/s1. The van der Waals surface area contributed by atoms with Crippen LogP contribution in [0.2, 0.25) is 0 Å². The van der Waals surface area contributed by atoms with Crippen molar-refractivity contribution in [3.63, 3.8) is 0 Å². The van der Waals surface area contributed by atoms with E-state index in [1.807, 2.05) is 0 Å². The molecular weight excluding hydrogens is 282 g/mol. The van der Waals surface area contributed by atoms with E-state index >= 15 is 0 Å². The Morgan fingerprint density at radius 3 is 2.00 bits per heavy atom. The molecule has 0 aromatic heterocycles. The molecule has 2 aliphatic rings. The molecule has 0 nitrogen and oxygen atoms in total. The molecular formula is C8H10BrCl3. The van der Waals surface area contributed by atoms with Gasteiger partial charge in [-0.2, -0.15) is 0 Å². The zero-order valence-corrected chi connectivity index (χ0v) is 10.3. The van der Waals surface area contributed by atoms with Gasteiger partial charge in [-0.15, -0.1) is 0 Å². The van der Waals surface area contributed by atoms with Gasteiger partial charge in [-0.1, -0.05) is 50.7 Å². The molecule has 0 amide bonds. The summed E-state index contributed by atoms with van der Waals surface area (Å²) in [6.45, 7) is 0. The van der Waals surface area contributed by atoms with E-state index in [4.69, 9.17) is 34.8 Å². The Morgan fingerprint density at radius 2 is 1.67 bits per heavy atom. The first-order chi connectivity index (χ1) is 5.50. The second-order valence-corrected chi connectivity index (χ2v) is 7.27. The molecule has 0 N–H and O–H groups in total. The highest BCUT2D eigenvalue weighted by Gasteiger charge is 2.54. The molecule has 2 bridgehead atoms. The van der Waals surface area contributed by atoms with Crippen LogP contribution in [-0.4, -0.2) is 8.62 Å². The van der Waals surface area contributed by atoms with Gasteiger partial charge in [0, 0.05) is 10.7 Å². The number of halogens is 4. The lowest BCUT2D eigenvalue weighted by atomic mass is 9.90. The van der Waals surface area contributed by atoms with E-state index in [1.54, 1.807) is 0 Å². The molecule has 4 heteroatoms. The summed E-state index contributed by atoms with van der Waals surface area (Å²) in [7, 11) is 0. The van der Waals surface area contributed by atoms with Crippen LogP contribution in [0.3, 0.4) is 0 Å². The van der Waals surface area contributed by atoms with E-state index < -0.39 is 3.79 Å². The first-order valence-electron chi connectivity index (χ1n) is 4.21. The van der Waals surface area contributed by atoms with Crippen molar-refractivity contribution in [2.24, 2.45) is 17.8 Å². The van der Waals surface area contributed by atoms with Crippen molar-refractivity contribution in [1.82, 2.24) is 0 Å². The zero-order valence-electron chi connectivity index (χ0n) is 6.44. The van der Waals surface area contributed by atoms with Crippen LogP contribution < -0.4 is 0 Å². The lowest BCUT2D eigenvalue weighted by molar-refractivity contribution is 0.352. The molecule has 2 saturated carbocycles. The van der Waals surface area contributed by atoms with Crippen LogP contribution in [0.5, 0.6) is 0 Å². The van der Waals surface area contributed by atoms with Crippen LogP contribution in [-0.2, 0) is 0 Å². The molecule has 2 rings (SSSR count). The normalized spacial score (nSPS) is 47.0. The number of hydrogen-bond acceptors (Lipinski definition) is 0. The smallest absolute Gasteiger partial charge is 0.0883 e. The summed E-state index contributed by atoms with van der Waals surface area (Å²) in [4.78, 5) is 0.420. The summed E-state index contributed by atoms with van der Waals surface area (Å²) in [5, 5.41) is 0. The Balaban J connectivity index is 2.17. The monoisotopic (exact) mass is 290 g/mol. The highest BCUT2D eigenvalue weighted by atomic mass is 79.9. The maximum Gasteiger partial charge on any atom is 0.194 e. The van der Waals surface area contributed by atoms with Gasteiger partial charge in [0.25, 0.3) is 0 Å². The summed E-state index contributed by atoms with van der Waals surface area (Å²) >= 11 is 21.4. The zero-order chi connectivity index (χ0) is 8.93. The Labute approximate surface area is 96.1 Å². The number of rotatable bonds is 0. The third-order valence-corrected chi connectivity index (χ3v) is 5.27. The predicted molar refractivity (Wildman–Crippen MR) is 57.3 cm³/mol. The summed E-state index contributed by atoms with van der Waals surface area (Å²) in [6.07, 6.45) is 3.79. The average Bonchev–Trinajstić information content (AvgIpc) is 2.42. The van der Waals surface area contributed by atoms with Gasteiger partial charge in [-0.3, -0.25) is 0 Å². The van der Waals surface area contributed by atoms with Crippen molar-refractivity contribution in [3.8, 4) is 0 Å². The van der Waals surface area contributed by atoms with Crippen molar-refractivity contribution < 1.29 is 0 Å². The van der Waals surface area contributed by atoms with Crippen LogP contribution >= 0.6 is 50.7 Å². The quantitative estimate of drug-likeness (QED) is 0.588. The molecule has 0 saturated heterocycles. The van der Waals surface area contributed by atoms with Crippen molar-refractivity contribution in [2.75, 3.05) is 0 Å². The van der Waals surface area contributed by atoms with E-state index in [2.05, 4.69) is 15.9 Å². The van der Waals surface area contributed by atoms with Crippen molar-refractivity contribution >= 4 is 50.7 Å². The third-order valence-electron chi connectivity index (χ3n) is 3.19. The summed E-state index contributed by atoms with van der Waals surface area (Å²) in [5.74, 6) is 1.60. The van der Waals surface area contributed by atoms with E-state index in [0.29, 0.717) is 10.7 Å². The minimum atomic E-state index is -1.08. The molecule has 0 aliphatic heterocycles. The van der Waals surface area contributed by atoms with Gasteiger partial charge in [0.15, 0.2) is 3.79 Å². The summed E-state index contributed by atoms with van der Waals surface area (Å²) in [5.41, 5.74) is 0. The third kappa shape index (κ3) is 1.51. The topological polar surface area (TPSA) is 0 Å². The first-order valence-corrected chi connectivity index (χ1v) is 6.26. The largest absolute Gasteiger partial charge is 0.194 e. The van der Waals surface area contributed by atoms with Crippen molar-refractivity contribution in [1.29, 1.82) is 0 Å². The molecule has 4 atom stereocenters. The van der Waals surface area contributed by atoms with Crippen LogP contribution in [0.1, 0.15) is 19.3 Å². The first kappa shape index (κ1) is 9.89. The fourth-order valence-electron chi connectivity index (χ4n) is 2.67. The Morgan fingerprint density at radius 1 is 1.08 bits per heavy atom. The Kier molecular flexibility index (Phi) is 2.62. The van der Waals surface area contributed by atoms with Gasteiger partial charge in [0.1, 0.15) is 0 Å². The van der Waals surface area contributed by atoms with Crippen LogP contribution in [0, 0.1) is 17.8 Å². The van der Waals surface area contributed by atoms with Crippen LogP contribution in [0.15, 0.2) is 0 Å². The molecule has 0 aromatic rings. The van der Waals surface area contributed by atoms with Gasteiger partial charge in [-0.25, -0.2) is 0 Å². The number of hydrogen-bond donors (Lipinski definition) is 0. The van der Waals surface area contributed by atoms with E-state index in [-0.39, 0.29) is 5.92 Å². The second-order valence-electron chi connectivity index (χ2n) is 3.85. The van der Waals surface area contributed by atoms with Gasteiger partial charge in [0.2, 0.25) is 0 Å². The molecule has 0 radical (unpaired) electrons. The number of alkyl halides is 4. The molecule has 2 fully saturated rings. The number of fused-ring (bicyclic) bond motifs is 2. The summed E-state index contributed by atoms with van der Waals surface area (Å²) < 4.78 is -1.08. The fraction of sp³-hybridized carbons (Fsp3) is 1.00. The molecule has 70 valence electrons.